The normalized spacial score (nSPS) is 23.5. The smallest absolute Gasteiger partial charge is 0.00936 e. The molecule has 0 aromatic rings. The molecule has 0 saturated carbocycles. The van der Waals surface area contributed by atoms with Crippen LogP contribution in [0.1, 0.15) is 33.1 Å². The molecule has 11 heavy (non-hydrogen) atoms. The van der Waals surface area contributed by atoms with Crippen LogP contribution in [0.25, 0.3) is 0 Å². The third-order valence-electron chi connectivity index (χ3n) is 2.47. The zero-order valence-corrected chi connectivity index (χ0v) is 7.69. The summed E-state index contributed by atoms with van der Waals surface area (Å²) in [5.41, 5.74) is 0. The van der Waals surface area contributed by atoms with Gasteiger partial charge in [-0.05, 0) is 39.3 Å². The van der Waals surface area contributed by atoms with E-state index in [1.807, 2.05) is 0 Å². The first-order valence-electron chi connectivity index (χ1n) is 4.79. The highest BCUT2D eigenvalue weighted by Crippen LogP contribution is 2.03. The maximum absolute atomic E-state index is 3.63. The summed E-state index contributed by atoms with van der Waals surface area (Å²) in [6.45, 7) is 6.88. The quantitative estimate of drug-likeness (QED) is 0.640. The van der Waals surface area contributed by atoms with E-state index < -0.39 is 0 Å². The first kappa shape index (κ1) is 9.01. The lowest BCUT2D eigenvalue weighted by molar-refractivity contribution is 0.352. The molecule has 1 saturated heterocycles. The molecule has 1 atom stereocenters. The van der Waals surface area contributed by atoms with Gasteiger partial charge in [0.05, 0.1) is 0 Å². The van der Waals surface area contributed by atoms with Crippen molar-refractivity contribution in [2.75, 3.05) is 13.1 Å². The van der Waals surface area contributed by atoms with Crippen molar-refractivity contribution in [3.05, 3.63) is 0 Å². The first-order valence-corrected chi connectivity index (χ1v) is 4.79. The van der Waals surface area contributed by atoms with Crippen molar-refractivity contribution in [3.8, 4) is 0 Å². The van der Waals surface area contributed by atoms with Gasteiger partial charge in [0.25, 0.3) is 0 Å². The molecule has 0 aliphatic carbocycles. The van der Waals surface area contributed by atoms with Gasteiger partial charge in [-0.25, -0.2) is 0 Å². The van der Waals surface area contributed by atoms with E-state index in [-0.39, 0.29) is 0 Å². The molecule has 1 rings (SSSR count). The second kappa shape index (κ2) is 4.73. The summed E-state index contributed by atoms with van der Waals surface area (Å²) in [4.78, 5) is 0. The minimum absolute atomic E-state index is 0.693. The summed E-state index contributed by atoms with van der Waals surface area (Å²) in [6, 6.07) is 1.46. The Balaban J connectivity index is 2.13. The third kappa shape index (κ3) is 3.21. The number of hydrogen-bond donors (Lipinski definition) is 2. The van der Waals surface area contributed by atoms with E-state index in [1.165, 1.54) is 32.4 Å². The van der Waals surface area contributed by atoms with Crippen molar-refractivity contribution in [1.82, 2.24) is 10.6 Å². The van der Waals surface area contributed by atoms with Crippen LogP contribution in [0.15, 0.2) is 0 Å². The van der Waals surface area contributed by atoms with Gasteiger partial charge in [0, 0.05) is 12.1 Å². The van der Waals surface area contributed by atoms with Crippen LogP contribution in [0.3, 0.4) is 0 Å². The predicted octanol–water partition coefficient (Wildman–Crippen LogP) is 1.13. The highest BCUT2D eigenvalue weighted by atomic mass is 15.0. The predicted molar refractivity (Wildman–Crippen MR) is 48.8 cm³/mol. The van der Waals surface area contributed by atoms with Gasteiger partial charge in [0.2, 0.25) is 0 Å². The molecule has 0 aromatic heterocycles. The molecule has 2 N–H and O–H groups in total. The fraction of sp³-hybridized carbons (Fsp3) is 1.00. The average molecular weight is 156 g/mol. The molecule has 0 aromatic carbocycles. The lowest BCUT2D eigenvalue weighted by Gasteiger charge is -2.26. The molecule has 0 amide bonds. The van der Waals surface area contributed by atoms with Crippen LogP contribution < -0.4 is 10.6 Å². The monoisotopic (exact) mass is 156 g/mol. The Bertz CT molecular complexity index is 97.7. The Kier molecular flexibility index (Phi) is 3.87. The van der Waals surface area contributed by atoms with E-state index in [9.17, 15) is 0 Å². The number of rotatable bonds is 3. The molecule has 1 aliphatic rings. The van der Waals surface area contributed by atoms with Crippen LogP contribution in [0.2, 0.25) is 0 Å². The highest BCUT2D eigenvalue weighted by Gasteiger charge is 2.13. The van der Waals surface area contributed by atoms with Crippen LogP contribution in [0.5, 0.6) is 0 Å². The molecule has 0 bridgehead atoms. The zero-order valence-electron chi connectivity index (χ0n) is 7.69. The number of hydrogen-bond acceptors (Lipinski definition) is 2. The molecule has 0 spiro atoms. The van der Waals surface area contributed by atoms with E-state index in [4.69, 9.17) is 0 Å². The van der Waals surface area contributed by atoms with Crippen molar-refractivity contribution < 1.29 is 0 Å². The summed E-state index contributed by atoms with van der Waals surface area (Å²) in [6.07, 6.45) is 3.83. The molecule has 2 heteroatoms. The third-order valence-corrected chi connectivity index (χ3v) is 2.47. The summed E-state index contributed by atoms with van der Waals surface area (Å²) in [5, 5.41) is 6.99. The summed E-state index contributed by atoms with van der Waals surface area (Å²) >= 11 is 0. The van der Waals surface area contributed by atoms with Gasteiger partial charge in [-0.15, -0.1) is 0 Å². The minimum atomic E-state index is 0.693. The summed E-state index contributed by atoms with van der Waals surface area (Å²) < 4.78 is 0. The second-order valence-corrected chi connectivity index (χ2v) is 3.50. The van der Waals surface area contributed by atoms with Gasteiger partial charge in [0.1, 0.15) is 0 Å². The van der Waals surface area contributed by atoms with Crippen LogP contribution in [-0.4, -0.2) is 25.2 Å². The lowest BCUT2D eigenvalue weighted by atomic mass is 10.1. The summed E-state index contributed by atoms with van der Waals surface area (Å²) in [5.74, 6) is 0. The fourth-order valence-corrected chi connectivity index (χ4v) is 1.51. The molecule has 0 radical (unpaired) electrons. The summed E-state index contributed by atoms with van der Waals surface area (Å²) in [7, 11) is 0. The first-order chi connectivity index (χ1) is 5.33. The fourth-order valence-electron chi connectivity index (χ4n) is 1.51. The Hall–Kier alpha value is -0.0800. The van der Waals surface area contributed by atoms with E-state index in [1.54, 1.807) is 0 Å². The van der Waals surface area contributed by atoms with Gasteiger partial charge >= 0.3 is 0 Å². The van der Waals surface area contributed by atoms with E-state index in [0.29, 0.717) is 6.04 Å². The Labute approximate surface area is 69.8 Å². The highest BCUT2D eigenvalue weighted by molar-refractivity contribution is 4.76. The number of piperidine rings is 1. The van der Waals surface area contributed by atoms with Gasteiger partial charge in [-0.1, -0.05) is 6.92 Å². The van der Waals surface area contributed by atoms with Crippen molar-refractivity contribution >= 4 is 0 Å². The van der Waals surface area contributed by atoms with E-state index >= 15 is 0 Å². The average Bonchev–Trinajstić information content (AvgIpc) is 2.06. The van der Waals surface area contributed by atoms with Crippen molar-refractivity contribution in [3.63, 3.8) is 0 Å². The maximum Gasteiger partial charge on any atom is 0.00936 e. The molecular formula is C9H20N2. The molecule has 1 aliphatic heterocycles. The Morgan fingerprint density at radius 2 is 2.09 bits per heavy atom. The molecule has 2 nitrogen and oxygen atoms in total. The SMILES string of the molecule is CCC(C)NC1CCNCC1. The maximum atomic E-state index is 3.63. The van der Waals surface area contributed by atoms with Crippen molar-refractivity contribution in [1.29, 1.82) is 0 Å². The zero-order chi connectivity index (χ0) is 8.10. The van der Waals surface area contributed by atoms with Gasteiger partial charge in [-0.3, -0.25) is 0 Å². The lowest BCUT2D eigenvalue weighted by Crippen LogP contribution is -2.43. The topological polar surface area (TPSA) is 24.1 Å². The molecular weight excluding hydrogens is 136 g/mol. The van der Waals surface area contributed by atoms with Gasteiger partial charge in [-0.2, -0.15) is 0 Å². The molecule has 1 heterocycles. The second-order valence-electron chi connectivity index (χ2n) is 3.50. The standard InChI is InChI=1S/C9H20N2/c1-3-8(2)11-9-4-6-10-7-5-9/h8-11H,3-7H2,1-2H3. The molecule has 1 fully saturated rings. The van der Waals surface area contributed by atoms with E-state index in [2.05, 4.69) is 24.5 Å². The number of nitrogens with one attached hydrogen (secondary N) is 2. The van der Waals surface area contributed by atoms with Crippen LogP contribution in [-0.2, 0) is 0 Å². The molecule has 1 unspecified atom stereocenters. The Morgan fingerprint density at radius 1 is 1.45 bits per heavy atom. The largest absolute Gasteiger partial charge is 0.317 e. The van der Waals surface area contributed by atoms with Crippen LogP contribution >= 0.6 is 0 Å². The van der Waals surface area contributed by atoms with Crippen LogP contribution in [0.4, 0.5) is 0 Å². The van der Waals surface area contributed by atoms with Crippen LogP contribution in [0, 0.1) is 0 Å². The van der Waals surface area contributed by atoms with E-state index in [0.717, 1.165) is 6.04 Å². The minimum Gasteiger partial charge on any atom is -0.317 e. The molecule has 66 valence electrons. The van der Waals surface area contributed by atoms with Crippen molar-refractivity contribution in [2.45, 2.75) is 45.2 Å². The van der Waals surface area contributed by atoms with Crippen molar-refractivity contribution in [2.24, 2.45) is 0 Å². The Morgan fingerprint density at radius 3 is 2.64 bits per heavy atom. The van der Waals surface area contributed by atoms with Gasteiger partial charge in [0.15, 0.2) is 0 Å². The van der Waals surface area contributed by atoms with Gasteiger partial charge < -0.3 is 10.6 Å².